The first-order valence-corrected chi connectivity index (χ1v) is 6.78. The molecule has 0 aliphatic rings. The lowest BCUT2D eigenvalue weighted by Gasteiger charge is -2.04. The van der Waals surface area contributed by atoms with Gasteiger partial charge in [-0.1, -0.05) is 38.1 Å². The van der Waals surface area contributed by atoms with Gasteiger partial charge in [-0.15, -0.1) is 0 Å². The number of nitrogens with two attached hydrogens (primary N) is 1. The zero-order valence-corrected chi connectivity index (χ0v) is 11.8. The van der Waals surface area contributed by atoms with Crippen molar-refractivity contribution in [2.45, 2.75) is 45.6 Å². The minimum atomic E-state index is 0.0915. The van der Waals surface area contributed by atoms with Crippen molar-refractivity contribution >= 4 is 0 Å². The van der Waals surface area contributed by atoms with Crippen molar-refractivity contribution in [2.75, 3.05) is 0 Å². The molecule has 0 amide bonds. The van der Waals surface area contributed by atoms with Gasteiger partial charge in [-0.3, -0.25) is 0 Å². The van der Waals surface area contributed by atoms with E-state index in [4.69, 9.17) is 10.3 Å². The quantitative estimate of drug-likeness (QED) is 0.895. The van der Waals surface area contributed by atoms with Gasteiger partial charge in [0.2, 0.25) is 0 Å². The summed E-state index contributed by atoms with van der Waals surface area (Å²) in [5, 5.41) is 3.97. The van der Waals surface area contributed by atoms with Crippen LogP contribution in [0.5, 0.6) is 0 Å². The van der Waals surface area contributed by atoms with Gasteiger partial charge in [0.15, 0.2) is 5.82 Å². The van der Waals surface area contributed by atoms with E-state index in [1.807, 2.05) is 12.1 Å². The van der Waals surface area contributed by atoms with Crippen LogP contribution in [-0.2, 0) is 6.42 Å². The molecule has 0 fully saturated rings. The number of nitrogens with zero attached hydrogens (tertiary/aromatic N) is 2. The first-order chi connectivity index (χ1) is 9.10. The summed E-state index contributed by atoms with van der Waals surface area (Å²) < 4.78 is 5.28. The van der Waals surface area contributed by atoms with Crippen LogP contribution in [0.4, 0.5) is 0 Å². The van der Waals surface area contributed by atoms with Gasteiger partial charge in [-0.2, -0.15) is 4.98 Å². The van der Waals surface area contributed by atoms with Crippen molar-refractivity contribution in [1.29, 1.82) is 0 Å². The Labute approximate surface area is 114 Å². The summed E-state index contributed by atoms with van der Waals surface area (Å²) in [6.45, 7) is 6.40. The van der Waals surface area contributed by atoms with Crippen molar-refractivity contribution in [2.24, 2.45) is 5.73 Å². The van der Waals surface area contributed by atoms with Crippen LogP contribution in [0.3, 0.4) is 0 Å². The molecule has 2 N–H and O–H groups in total. The lowest BCUT2D eigenvalue weighted by molar-refractivity contribution is 0.419. The highest BCUT2D eigenvalue weighted by molar-refractivity contribution is 5.53. The summed E-state index contributed by atoms with van der Waals surface area (Å²) in [5.74, 6) is 1.76. The van der Waals surface area contributed by atoms with Crippen LogP contribution in [-0.4, -0.2) is 16.2 Å². The van der Waals surface area contributed by atoms with Crippen LogP contribution in [0, 0.1) is 0 Å². The van der Waals surface area contributed by atoms with Gasteiger partial charge in [0, 0.05) is 18.0 Å². The summed E-state index contributed by atoms with van der Waals surface area (Å²) in [4.78, 5) is 4.39. The van der Waals surface area contributed by atoms with E-state index < -0.39 is 0 Å². The third-order valence-corrected chi connectivity index (χ3v) is 3.26. The number of aromatic nitrogens is 2. The summed E-state index contributed by atoms with van der Waals surface area (Å²) in [5.41, 5.74) is 8.14. The van der Waals surface area contributed by atoms with E-state index in [0.29, 0.717) is 24.1 Å². The van der Waals surface area contributed by atoms with Gasteiger partial charge in [-0.25, -0.2) is 0 Å². The summed E-state index contributed by atoms with van der Waals surface area (Å²) in [7, 11) is 0. The second kappa shape index (κ2) is 5.97. The van der Waals surface area contributed by atoms with E-state index in [-0.39, 0.29) is 6.04 Å². The van der Waals surface area contributed by atoms with E-state index in [9.17, 15) is 0 Å². The Morgan fingerprint density at radius 3 is 2.47 bits per heavy atom. The standard InChI is InChI=1S/C15H21N3O/c1-4-13(16)9-14-17-15(19-18-14)12-7-5-11(6-8-12)10(2)3/h5-8,10,13H,4,9,16H2,1-3H3. The second-order valence-electron chi connectivity index (χ2n) is 5.16. The predicted molar refractivity (Wildman–Crippen MR) is 75.8 cm³/mol. The second-order valence-corrected chi connectivity index (χ2v) is 5.16. The minimum Gasteiger partial charge on any atom is -0.334 e. The van der Waals surface area contributed by atoms with Crippen molar-refractivity contribution in [3.8, 4) is 11.5 Å². The third kappa shape index (κ3) is 3.41. The summed E-state index contributed by atoms with van der Waals surface area (Å²) in [6, 6.07) is 8.33. The molecule has 0 aliphatic heterocycles. The highest BCUT2D eigenvalue weighted by Crippen LogP contribution is 2.21. The van der Waals surface area contributed by atoms with Crippen LogP contribution < -0.4 is 5.73 Å². The zero-order chi connectivity index (χ0) is 13.8. The maximum atomic E-state index is 5.88. The topological polar surface area (TPSA) is 64.9 Å². The van der Waals surface area contributed by atoms with Gasteiger partial charge in [0.25, 0.3) is 5.89 Å². The van der Waals surface area contributed by atoms with Gasteiger partial charge >= 0.3 is 0 Å². The molecular weight excluding hydrogens is 238 g/mol. The molecule has 0 saturated heterocycles. The van der Waals surface area contributed by atoms with Gasteiger partial charge in [0.05, 0.1) is 0 Å². The fourth-order valence-corrected chi connectivity index (χ4v) is 1.84. The molecule has 0 aliphatic carbocycles. The molecule has 2 rings (SSSR count). The van der Waals surface area contributed by atoms with Crippen molar-refractivity contribution < 1.29 is 4.52 Å². The van der Waals surface area contributed by atoms with E-state index in [0.717, 1.165) is 12.0 Å². The first-order valence-electron chi connectivity index (χ1n) is 6.78. The normalized spacial score (nSPS) is 12.9. The molecule has 2 aromatic rings. The van der Waals surface area contributed by atoms with Crippen LogP contribution in [0.1, 0.15) is 44.5 Å². The molecule has 19 heavy (non-hydrogen) atoms. The molecule has 1 heterocycles. The van der Waals surface area contributed by atoms with Gasteiger partial charge in [-0.05, 0) is 30.0 Å². The molecule has 0 radical (unpaired) electrons. The monoisotopic (exact) mass is 259 g/mol. The van der Waals surface area contributed by atoms with Crippen LogP contribution in [0.25, 0.3) is 11.5 Å². The van der Waals surface area contributed by atoms with E-state index >= 15 is 0 Å². The number of hydrogen-bond donors (Lipinski definition) is 1. The summed E-state index contributed by atoms with van der Waals surface area (Å²) in [6.07, 6.45) is 1.57. The Kier molecular flexibility index (Phi) is 4.32. The molecule has 102 valence electrons. The molecule has 0 spiro atoms. The lowest BCUT2D eigenvalue weighted by atomic mass is 10.0. The van der Waals surface area contributed by atoms with E-state index in [2.05, 4.69) is 43.0 Å². The average Bonchev–Trinajstić information content (AvgIpc) is 2.87. The molecular formula is C15H21N3O. The summed E-state index contributed by atoms with van der Waals surface area (Å²) >= 11 is 0. The Balaban J connectivity index is 2.13. The van der Waals surface area contributed by atoms with Crippen molar-refractivity contribution in [3.05, 3.63) is 35.7 Å². The smallest absolute Gasteiger partial charge is 0.257 e. The third-order valence-electron chi connectivity index (χ3n) is 3.26. The molecule has 0 saturated carbocycles. The Morgan fingerprint density at radius 2 is 1.89 bits per heavy atom. The maximum absolute atomic E-state index is 5.88. The number of hydrogen-bond acceptors (Lipinski definition) is 4. The van der Waals surface area contributed by atoms with E-state index in [1.54, 1.807) is 0 Å². The van der Waals surface area contributed by atoms with E-state index in [1.165, 1.54) is 5.56 Å². The highest BCUT2D eigenvalue weighted by atomic mass is 16.5. The molecule has 1 aromatic heterocycles. The fourth-order valence-electron chi connectivity index (χ4n) is 1.84. The van der Waals surface area contributed by atoms with Crippen LogP contribution >= 0.6 is 0 Å². The molecule has 4 heteroatoms. The number of benzene rings is 1. The van der Waals surface area contributed by atoms with Crippen molar-refractivity contribution in [1.82, 2.24) is 10.1 Å². The zero-order valence-electron chi connectivity index (χ0n) is 11.8. The Hall–Kier alpha value is -1.68. The van der Waals surface area contributed by atoms with Gasteiger partial charge in [0.1, 0.15) is 0 Å². The lowest BCUT2D eigenvalue weighted by Crippen LogP contribution is -2.21. The first kappa shape index (κ1) is 13.7. The number of rotatable bonds is 5. The van der Waals surface area contributed by atoms with Crippen LogP contribution in [0.15, 0.2) is 28.8 Å². The molecule has 0 bridgehead atoms. The average molecular weight is 259 g/mol. The van der Waals surface area contributed by atoms with Crippen molar-refractivity contribution in [3.63, 3.8) is 0 Å². The largest absolute Gasteiger partial charge is 0.334 e. The SMILES string of the molecule is CCC(N)Cc1noc(-c2ccc(C(C)C)cc2)n1. The minimum absolute atomic E-state index is 0.0915. The molecule has 1 atom stereocenters. The maximum Gasteiger partial charge on any atom is 0.257 e. The molecule has 1 unspecified atom stereocenters. The molecule has 1 aromatic carbocycles. The highest BCUT2D eigenvalue weighted by Gasteiger charge is 2.11. The van der Waals surface area contributed by atoms with Gasteiger partial charge < -0.3 is 10.3 Å². The molecule has 4 nitrogen and oxygen atoms in total. The predicted octanol–water partition coefficient (Wildman–Crippen LogP) is 3.14. The Morgan fingerprint density at radius 1 is 1.21 bits per heavy atom. The Bertz CT molecular complexity index is 516. The fraction of sp³-hybridized carbons (Fsp3) is 0.467. The van der Waals surface area contributed by atoms with Crippen LogP contribution in [0.2, 0.25) is 0 Å².